The van der Waals surface area contributed by atoms with Gasteiger partial charge in [-0.1, -0.05) is 18.8 Å². The molecule has 0 radical (unpaired) electrons. The van der Waals surface area contributed by atoms with Crippen LogP contribution in [0.5, 0.6) is 5.75 Å². The lowest BCUT2D eigenvalue weighted by Gasteiger charge is -2.37. The molecule has 0 spiro atoms. The number of benzene rings is 1. The van der Waals surface area contributed by atoms with E-state index in [0.717, 1.165) is 12.8 Å². The van der Waals surface area contributed by atoms with Crippen molar-refractivity contribution in [3.05, 3.63) is 23.8 Å². The molecular weight excluding hydrogens is 444 g/mol. The summed E-state index contributed by atoms with van der Waals surface area (Å²) in [6.45, 7) is 5.11. The summed E-state index contributed by atoms with van der Waals surface area (Å²) < 4.78 is 34.5. The van der Waals surface area contributed by atoms with E-state index in [1.165, 1.54) is 22.2 Å². The van der Waals surface area contributed by atoms with Gasteiger partial charge in [0.2, 0.25) is 15.9 Å². The molecule has 1 aromatic carbocycles. The molecule has 1 aliphatic heterocycles. The van der Waals surface area contributed by atoms with E-state index < -0.39 is 27.8 Å². The highest BCUT2D eigenvalue weighted by Gasteiger charge is 2.38. The number of carbonyl (C=O) groups excluding carboxylic acids is 1. The number of ether oxygens (including phenoxy) is 1. The van der Waals surface area contributed by atoms with Crippen molar-refractivity contribution < 1.29 is 28.2 Å². The van der Waals surface area contributed by atoms with Gasteiger partial charge >= 0.3 is 0 Å². The Morgan fingerprint density at radius 3 is 2.64 bits per heavy atom. The van der Waals surface area contributed by atoms with Crippen LogP contribution in [0.25, 0.3) is 0 Å². The summed E-state index contributed by atoms with van der Waals surface area (Å²) >= 11 is 0. The largest absolute Gasteiger partial charge is 0.487 e. The van der Waals surface area contributed by atoms with Crippen molar-refractivity contribution in [3.63, 3.8) is 0 Å². The third-order valence-electron chi connectivity index (χ3n) is 6.53. The third kappa shape index (κ3) is 5.69. The highest BCUT2D eigenvalue weighted by atomic mass is 32.2. The average Bonchev–Trinajstić information content (AvgIpc) is 3.20. The highest BCUT2D eigenvalue weighted by Crippen LogP contribution is 2.34. The molecule has 1 fully saturated rings. The Morgan fingerprint density at radius 1 is 1.36 bits per heavy atom. The lowest BCUT2D eigenvalue weighted by molar-refractivity contribution is -0.129. The molecule has 9 heteroatoms. The number of hydrogen-bond acceptors (Lipinski definition) is 6. The Morgan fingerprint density at radius 2 is 2.03 bits per heavy atom. The average molecular weight is 479 g/mol. The van der Waals surface area contributed by atoms with Crippen LogP contribution < -0.4 is 4.74 Å². The van der Waals surface area contributed by atoms with Gasteiger partial charge in [0.05, 0.1) is 13.2 Å². The molecule has 1 saturated carbocycles. The SMILES string of the molecule is CC(=O)N(C)C[C@H]1Oc2cc(C#CC3(O)CCCC3)ccc2S(=O)(=O)N([C@@H](C)CO)C[C@@H]1C. The van der Waals surface area contributed by atoms with Crippen LogP contribution in [-0.4, -0.2) is 78.2 Å². The molecule has 182 valence electrons. The van der Waals surface area contributed by atoms with E-state index in [0.29, 0.717) is 18.4 Å². The second kappa shape index (κ2) is 10.0. The van der Waals surface area contributed by atoms with Gasteiger partial charge in [-0.05, 0) is 50.8 Å². The number of likely N-dealkylation sites (N-methyl/N-ethyl adjacent to an activating group) is 1. The monoisotopic (exact) mass is 478 g/mol. The van der Waals surface area contributed by atoms with Crippen LogP contribution in [0.2, 0.25) is 0 Å². The predicted molar refractivity (Wildman–Crippen MR) is 124 cm³/mol. The van der Waals surface area contributed by atoms with E-state index in [-0.39, 0.29) is 42.2 Å². The molecule has 8 nitrogen and oxygen atoms in total. The van der Waals surface area contributed by atoms with Crippen molar-refractivity contribution in [2.24, 2.45) is 5.92 Å². The summed E-state index contributed by atoms with van der Waals surface area (Å²) in [5.74, 6) is 5.70. The quantitative estimate of drug-likeness (QED) is 0.637. The van der Waals surface area contributed by atoms with Gasteiger partial charge in [-0.15, -0.1) is 0 Å². The number of fused-ring (bicyclic) bond motifs is 1. The molecule has 1 amide bonds. The molecule has 1 aliphatic carbocycles. The van der Waals surface area contributed by atoms with Gasteiger partial charge in [-0.3, -0.25) is 4.79 Å². The zero-order valence-corrected chi connectivity index (χ0v) is 20.6. The van der Waals surface area contributed by atoms with Crippen LogP contribution in [-0.2, 0) is 14.8 Å². The standard InChI is InChI=1S/C24H34N2O6S/c1-17-14-26(18(2)16-27)33(30,31)23-8-7-20(9-12-24(29)10-5-6-11-24)13-21(23)32-22(17)15-25(4)19(3)28/h7-8,13,17-18,22,27,29H,5-6,10-11,14-16H2,1-4H3/t17-,18-,22+/m0/s1. The molecular formula is C24H34N2O6S. The number of hydrogen-bond donors (Lipinski definition) is 2. The molecule has 0 bridgehead atoms. The summed E-state index contributed by atoms with van der Waals surface area (Å²) in [6.07, 6.45) is 2.64. The van der Waals surface area contributed by atoms with Crippen LogP contribution in [0.3, 0.4) is 0 Å². The van der Waals surface area contributed by atoms with Gasteiger partial charge in [0.15, 0.2) is 0 Å². The van der Waals surface area contributed by atoms with Gasteiger partial charge in [0.25, 0.3) is 0 Å². The van der Waals surface area contributed by atoms with Crippen LogP contribution in [0.1, 0.15) is 52.0 Å². The Kier molecular flexibility index (Phi) is 7.74. The molecule has 2 N–H and O–H groups in total. The zero-order valence-electron chi connectivity index (χ0n) is 19.7. The molecule has 0 unspecified atom stereocenters. The molecule has 2 aliphatic rings. The van der Waals surface area contributed by atoms with Crippen LogP contribution in [0, 0.1) is 17.8 Å². The first-order valence-electron chi connectivity index (χ1n) is 11.4. The van der Waals surface area contributed by atoms with E-state index in [9.17, 15) is 23.4 Å². The number of rotatable bonds is 4. The molecule has 0 saturated heterocycles. The first kappa shape index (κ1) is 25.5. The second-order valence-corrected chi connectivity index (χ2v) is 11.1. The van der Waals surface area contributed by atoms with Crippen LogP contribution in [0.4, 0.5) is 0 Å². The van der Waals surface area contributed by atoms with E-state index in [2.05, 4.69) is 11.8 Å². The normalized spacial score (nSPS) is 24.9. The van der Waals surface area contributed by atoms with Crippen molar-refractivity contribution in [2.75, 3.05) is 26.7 Å². The fourth-order valence-electron chi connectivity index (χ4n) is 4.19. The molecule has 33 heavy (non-hydrogen) atoms. The maximum atomic E-state index is 13.5. The smallest absolute Gasteiger partial charge is 0.247 e. The molecule has 0 aromatic heterocycles. The Bertz CT molecular complexity index is 1040. The van der Waals surface area contributed by atoms with Crippen LogP contribution in [0.15, 0.2) is 23.1 Å². The number of nitrogens with zero attached hydrogens (tertiary/aromatic N) is 2. The Labute approximate surface area is 196 Å². The lowest BCUT2D eigenvalue weighted by atomic mass is 10.0. The lowest BCUT2D eigenvalue weighted by Crippen LogP contribution is -2.50. The summed E-state index contributed by atoms with van der Waals surface area (Å²) in [4.78, 5) is 13.4. The third-order valence-corrected chi connectivity index (χ3v) is 8.55. The topological polar surface area (TPSA) is 107 Å². The Balaban J connectivity index is 2.06. The van der Waals surface area contributed by atoms with E-state index in [4.69, 9.17) is 4.74 Å². The van der Waals surface area contributed by atoms with Crippen molar-refractivity contribution in [3.8, 4) is 17.6 Å². The van der Waals surface area contributed by atoms with E-state index >= 15 is 0 Å². The van der Waals surface area contributed by atoms with Crippen molar-refractivity contribution in [2.45, 2.75) is 69.1 Å². The number of aliphatic hydroxyl groups excluding tert-OH is 1. The minimum absolute atomic E-state index is 0.00435. The summed E-state index contributed by atoms with van der Waals surface area (Å²) in [5.41, 5.74) is -0.468. The van der Waals surface area contributed by atoms with Gasteiger partial charge in [-0.25, -0.2) is 8.42 Å². The fraction of sp³-hybridized carbons (Fsp3) is 0.625. The predicted octanol–water partition coefficient (Wildman–Crippen LogP) is 1.59. The minimum atomic E-state index is -3.94. The van der Waals surface area contributed by atoms with Crippen molar-refractivity contribution in [1.82, 2.24) is 9.21 Å². The number of sulfonamides is 1. The summed E-state index contributed by atoms with van der Waals surface area (Å²) in [7, 11) is -2.27. The maximum Gasteiger partial charge on any atom is 0.247 e. The van der Waals surface area contributed by atoms with E-state index in [1.807, 2.05) is 6.92 Å². The maximum absolute atomic E-state index is 13.5. The molecule has 1 aromatic rings. The first-order valence-corrected chi connectivity index (χ1v) is 12.8. The number of carbonyl (C=O) groups is 1. The van der Waals surface area contributed by atoms with Crippen LogP contribution >= 0.6 is 0 Å². The first-order chi connectivity index (χ1) is 15.5. The van der Waals surface area contributed by atoms with Gasteiger partial charge in [0, 0.05) is 38.0 Å². The summed E-state index contributed by atoms with van der Waals surface area (Å²) in [6, 6.07) is 4.03. The molecule has 3 rings (SSSR count). The van der Waals surface area contributed by atoms with Gasteiger partial charge < -0.3 is 19.8 Å². The fourth-order valence-corrected chi connectivity index (χ4v) is 6.02. The molecule has 3 atom stereocenters. The molecule has 1 heterocycles. The van der Waals surface area contributed by atoms with Gasteiger partial charge in [0.1, 0.15) is 22.4 Å². The van der Waals surface area contributed by atoms with Crippen molar-refractivity contribution in [1.29, 1.82) is 0 Å². The highest BCUT2D eigenvalue weighted by molar-refractivity contribution is 7.89. The summed E-state index contributed by atoms with van der Waals surface area (Å²) in [5, 5.41) is 20.2. The minimum Gasteiger partial charge on any atom is -0.487 e. The Hall–Kier alpha value is -2.12. The van der Waals surface area contributed by atoms with Crippen molar-refractivity contribution >= 4 is 15.9 Å². The zero-order chi connectivity index (χ0) is 24.4. The van der Waals surface area contributed by atoms with E-state index in [1.54, 1.807) is 26.1 Å². The number of amides is 1. The second-order valence-electron chi connectivity index (χ2n) is 9.29. The number of aliphatic hydroxyl groups is 2. The van der Waals surface area contributed by atoms with Gasteiger partial charge in [-0.2, -0.15) is 4.31 Å².